The summed E-state index contributed by atoms with van der Waals surface area (Å²) in [6.45, 7) is 1.52. The number of hydrazone groups is 1. The fraction of sp³-hybridized carbons (Fsp3) is 0.333. The van der Waals surface area contributed by atoms with Gasteiger partial charge in [-0.05, 0) is 25.1 Å². The molecular weight excluding hydrogens is 380 g/mol. The van der Waals surface area contributed by atoms with E-state index in [1.807, 2.05) is 0 Å². The number of likely N-dealkylation sites (N-methyl/N-ethyl adjacent to an activating group) is 2. The molecule has 152 valence electrons. The van der Waals surface area contributed by atoms with Crippen molar-refractivity contribution in [1.82, 2.24) is 24.8 Å². The van der Waals surface area contributed by atoms with E-state index < -0.39 is 23.9 Å². The van der Waals surface area contributed by atoms with E-state index in [9.17, 15) is 19.5 Å². The number of phenols is 1. The van der Waals surface area contributed by atoms with E-state index in [-0.39, 0.29) is 18.1 Å². The van der Waals surface area contributed by atoms with Gasteiger partial charge < -0.3 is 9.84 Å². The number of aromatic hydroxyl groups is 1. The van der Waals surface area contributed by atoms with E-state index in [0.29, 0.717) is 17.0 Å². The molecule has 2 N–H and O–H groups in total. The molecule has 2 aliphatic rings. The van der Waals surface area contributed by atoms with Crippen LogP contribution < -0.4 is 14.8 Å². The molecular formula is C18H21N6O5+. The van der Waals surface area contributed by atoms with Crippen molar-refractivity contribution >= 4 is 35.7 Å². The Morgan fingerprint density at radius 1 is 1.31 bits per heavy atom. The average Bonchev–Trinajstić information content (AvgIpc) is 3.12. The Morgan fingerprint density at radius 2 is 2.03 bits per heavy atom. The standard InChI is InChI=1S/C18H20N6O5/c1-10(11-5-6-12(25)13(7-11)29-4)20-21-14(26)8-24-9-19-16-15(24)17(27)23(3)18(28)22(16)2/h5-7,9,15H,8H2,1-4H3,(H-,20,21,25,26)/p+1. The highest BCUT2D eigenvalue weighted by Gasteiger charge is 2.53. The summed E-state index contributed by atoms with van der Waals surface area (Å²) in [7, 11) is 4.34. The van der Waals surface area contributed by atoms with Crippen LogP contribution in [0.1, 0.15) is 12.5 Å². The molecule has 0 radical (unpaired) electrons. The van der Waals surface area contributed by atoms with Gasteiger partial charge in [-0.25, -0.2) is 14.9 Å². The fourth-order valence-corrected chi connectivity index (χ4v) is 2.99. The van der Waals surface area contributed by atoms with Crippen LogP contribution in [0.4, 0.5) is 4.79 Å². The number of ether oxygens (including phenoxy) is 1. The van der Waals surface area contributed by atoms with Crippen molar-refractivity contribution < 1.29 is 24.2 Å². The second kappa shape index (κ2) is 7.64. The molecule has 0 aliphatic carbocycles. The third kappa shape index (κ3) is 3.63. The van der Waals surface area contributed by atoms with Crippen LogP contribution in [0.15, 0.2) is 23.3 Å². The van der Waals surface area contributed by atoms with Gasteiger partial charge in [0.15, 0.2) is 11.5 Å². The molecule has 11 heteroatoms. The van der Waals surface area contributed by atoms with Gasteiger partial charge in [0.2, 0.25) is 0 Å². The minimum absolute atomic E-state index is 0.000901. The summed E-state index contributed by atoms with van der Waals surface area (Å²) in [6, 6.07) is 3.39. The number of amides is 4. The Morgan fingerprint density at radius 3 is 2.72 bits per heavy atom. The Hall–Kier alpha value is -3.85. The number of methoxy groups -OCH3 is 1. The minimum atomic E-state index is -0.833. The quantitative estimate of drug-likeness (QED) is 0.368. The lowest BCUT2D eigenvalue weighted by Crippen LogP contribution is -2.63. The van der Waals surface area contributed by atoms with Gasteiger partial charge in [-0.15, -0.1) is 0 Å². The fourth-order valence-electron chi connectivity index (χ4n) is 2.99. The van der Waals surface area contributed by atoms with Crippen LogP contribution >= 0.6 is 0 Å². The number of hydrogen-bond donors (Lipinski definition) is 2. The molecule has 1 aromatic rings. The van der Waals surface area contributed by atoms with Crippen molar-refractivity contribution in [3.05, 3.63) is 23.8 Å². The van der Waals surface area contributed by atoms with Gasteiger partial charge in [0.1, 0.15) is 6.54 Å². The van der Waals surface area contributed by atoms with E-state index in [0.717, 1.165) is 4.90 Å². The summed E-state index contributed by atoms with van der Waals surface area (Å²) in [4.78, 5) is 40.5. The van der Waals surface area contributed by atoms with Gasteiger partial charge in [0.05, 0.1) is 19.9 Å². The van der Waals surface area contributed by atoms with E-state index in [4.69, 9.17) is 4.74 Å². The monoisotopic (exact) mass is 401 g/mol. The Bertz CT molecular complexity index is 981. The predicted octanol–water partition coefficient (Wildman–Crippen LogP) is -1.06. The number of hydrogen-bond acceptors (Lipinski definition) is 7. The summed E-state index contributed by atoms with van der Waals surface area (Å²) in [5.74, 6) is -0.346. The van der Waals surface area contributed by atoms with Crippen LogP contribution in [-0.2, 0) is 9.59 Å². The van der Waals surface area contributed by atoms with Gasteiger partial charge in [-0.1, -0.05) is 0 Å². The molecule has 2 heterocycles. The van der Waals surface area contributed by atoms with Crippen LogP contribution in [0.5, 0.6) is 11.5 Å². The van der Waals surface area contributed by atoms with Gasteiger partial charge >= 0.3 is 11.9 Å². The molecule has 0 bridgehead atoms. The van der Waals surface area contributed by atoms with Gasteiger partial charge in [-0.2, -0.15) is 10.0 Å². The van der Waals surface area contributed by atoms with Crippen molar-refractivity contribution in [3.8, 4) is 11.5 Å². The van der Waals surface area contributed by atoms with E-state index in [2.05, 4.69) is 15.2 Å². The van der Waals surface area contributed by atoms with E-state index in [1.54, 1.807) is 19.1 Å². The normalized spacial score (nSPS) is 18.8. The number of nitrogens with one attached hydrogen (secondary N) is 1. The third-order valence-corrected chi connectivity index (χ3v) is 4.67. The van der Waals surface area contributed by atoms with Crippen molar-refractivity contribution in [2.24, 2.45) is 5.10 Å². The lowest BCUT2D eigenvalue weighted by Gasteiger charge is -2.29. The van der Waals surface area contributed by atoms with Crippen molar-refractivity contribution in [2.45, 2.75) is 13.0 Å². The first-order chi connectivity index (χ1) is 13.7. The number of carbonyl (C=O) groups excluding carboxylic acids is 3. The maximum Gasteiger partial charge on any atom is 0.389 e. The maximum atomic E-state index is 12.4. The molecule has 1 saturated heterocycles. The summed E-state index contributed by atoms with van der Waals surface area (Å²) in [5, 5.41) is 13.7. The molecule has 0 aromatic heterocycles. The molecule has 1 aromatic carbocycles. The smallest absolute Gasteiger partial charge is 0.389 e. The Balaban J connectivity index is 1.66. The number of rotatable bonds is 5. The number of phenolic OH excluding ortho intramolecular Hbond substituents is 1. The largest absolute Gasteiger partial charge is 0.504 e. The minimum Gasteiger partial charge on any atom is -0.504 e. The first kappa shape index (κ1) is 19.9. The average molecular weight is 401 g/mol. The molecule has 1 fully saturated rings. The number of benzene rings is 1. The summed E-state index contributed by atoms with van der Waals surface area (Å²) in [5.41, 5.74) is 3.58. The molecule has 11 nitrogen and oxygen atoms in total. The maximum absolute atomic E-state index is 12.4. The van der Waals surface area contributed by atoms with Crippen LogP contribution in [-0.4, -0.2) is 89.3 Å². The number of imide groups is 1. The Labute approximate surface area is 166 Å². The van der Waals surface area contributed by atoms with E-state index in [1.165, 1.54) is 43.4 Å². The first-order valence-corrected chi connectivity index (χ1v) is 8.67. The topological polar surface area (TPSA) is 129 Å². The van der Waals surface area contributed by atoms with Gasteiger partial charge in [-0.3, -0.25) is 19.4 Å². The second-order valence-electron chi connectivity index (χ2n) is 6.54. The highest BCUT2D eigenvalue weighted by atomic mass is 16.5. The van der Waals surface area contributed by atoms with Crippen LogP contribution in [0.2, 0.25) is 0 Å². The van der Waals surface area contributed by atoms with Crippen LogP contribution in [0, 0.1) is 0 Å². The van der Waals surface area contributed by atoms with Crippen molar-refractivity contribution in [2.75, 3.05) is 27.7 Å². The zero-order valence-electron chi connectivity index (χ0n) is 16.4. The zero-order valence-corrected chi connectivity index (χ0v) is 16.4. The van der Waals surface area contributed by atoms with Gasteiger partial charge in [0, 0.05) is 12.6 Å². The SMILES string of the molecule is COc1cc(/C(C)=N/NC(=O)CN2C=[N+]=C3C2C(=O)N(C)C(=O)N3C)ccc1O. The van der Waals surface area contributed by atoms with Crippen molar-refractivity contribution in [3.63, 3.8) is 0 Å². The highest BCUT2D eigenvalue weighted by molar-refractivity contribution is 6.22. The molecule has 1 unspecified atom stereocenters. The Kier molecular flexibility index (Phi) is 5.24. The van der Waals surface area contributed by atoms with E-state index >= 15 is 0 Å². The van der Waals surface area contributed by atoms with Crippen LogP contribution in [0.3, 0.4) is 0 Å². The summed E-state index contributed by atoms with van der Waals surface area (Å²) >= 11 is 0. The molecule has 4 amide bonds. The third-order valence-electron chi connectivity index (χ3n) is 4.67. The molecule has 0 saturated carbocycles. The van der Waals surface area contributed by atoms with Crippen LogP contribution in [0.25, 0.3) is 0 Å². The van der Waals surface area contributed by atoms with Crippen molar-refractivity contribution in [1.29, 1.82) is 0 Å². The summed E-state index contributed by atoms with van der Waals surface area (Å²) in [6.07, 6.45) is 1.36. The molecule has 2 aliphatic heterocycles. The molecule has 29 heavy (non-hydrogen) atoms. The predicted molar refractivity (Wildman–Crippen MR) is 105 cm³/mol. The lowest BCUT2D eigenvalue weighted by atomic mass is 10.1. The molecule has 1 atom stereocenters. The second-order valence-corrected chi connectivity index (χ2v) is 6.54. The summed E-state index contributed by atoms with van der Waals surface area (Å²) < 4.78 is 9.16. The highest BCUT2D eigenvalue weighted by Crippen LogP contribution is 2.26. The number of carbonyl (C=O) groups is 3. The lowest BCUT2D eigenvalue weighted by molar-refractivity contribution is -0.131. The molecule has 0 spiro atoms. The molecule has 3 rings (SSSR count). The number of nitrogens with zero attached hydrogens (tertiary/aromatic N) is 5. The zero-order chi connectivity index (χ0) is 21.3. The number of amidine groups is 1. The number of urea groups is 1. The van der Waals surface area contributed by atoms with Gasteiger partial charge in [0.25, 0.3) is 24.2 Å². The first-order valence-electron chi connectivity index (χ1n) is 8.67. The number of fused-ring (bicyclic) bond motifs is 1.